The summed E-state index contributed by atoms with van der Waals surface area (Å²) in [6.45, 7) is 1.27. The SMILES string of the molecule is Cc1cccc(NC(=O)/C(C#N)=C/c2ccccc2OCC(=O)[O-])c1. The van der Waals surface area contributed by atoms with E-state index in [2.05, 4.69) is 5.32 Å². The number of hydrogen-bond donors (Lipinski definition) is 1. The largest absolute Gasteiger partial charge is 0.546 e. The Morgan fingerprint density at radius 1 is 1.24 bits per heavy atom. The summed E-state index contributed by atoms with van der Waals surface area (Å²) in [5, 5.41) is 22.5. The molecule has 6 heteroatoms. The summed E-state index contributed by atoms with van der Waals surface area (Å²) in [6, 6.07) is 15.5. The number of carboxylic acids is 1. The number of carbonyl (C=O) groups is 2. The van der Waals surface area contributed by atoms with Crippen LogP contribution in [0, 0.1) is 18.3 Å². The van der Waals surface area contributed by atoms with E-state index in [-0.39, 0.29) is 11.3 Å². The molecular formula is C19H15N2O4-. The number of nitrogens with zero attached hydrogens (tertiary/aromatic N) is 1. The molecule has 25 heavy (non-hydrogen) atoms. The van der Waals surface area contributed by atoms with Crippen LogP contribution in [0.1, 0.15) is 11.1 Å². The topological polar surface area (TPSA) is 102 Å². The quantitative estimate of drug-likeness (QED) is 0.639. The van der Waals surface area contributed by atoms with E-state index in [4.69, 9.17) is 4.74 Å². The first-order chi connectivity index (χ1) is 12.0. The molecule has 2 aromatic rings. The van der Waals surface area contributed by atoms with Gasteiger partial charge in [0.05, 0.1) is 5.97 Å². The number of benzene rings is 2. The standard InChI is InChI=1S/C19H16N2O4/c1-13-5-4-7-16(9-13)21-19(24)15(11-20)10-14-6-2-3-8-17(14)25-12-18(22)23/h2-10H,12H2,1H3,(H,21,24)(H,22,23)/p-1/b15-10+. The minimum absolute atomic E-state index is 0.133. The number of ether oxygens (including phenoxy) is 1. The summed E-state index contributed by atoms with van der Waals surface area (Å²) in [7, 11) is 0. The normalized spacial score (nSPS) is 10.6. The highest BCUT2D eigenvalue weighted by atomic mass is 16.5. The van der Waals surface area contributed by atoms with E-state index in [1.807, 2.05) is 19.1 Å². The monoisotopic (exact) mass is 335 g/mol. The third-order valence-electron chi connectivity index (χ3n) is 3.21. The van der Waals surface area contributed by atoms with Crippen LogP contribution in [-0.2, 0) is 9.59 Å². The molecule has 1 amide bonds. The molecule has 0 bridgehead atoms. The highest BCUT2D eigenvalue weighted by molar-refractivity contribution is 6.09. The van der Waals surface area contributed by atoms with Crippen LogP contribution >= 0.6 is 0 Å². The van der Waals surface area contributed by atoms with Gasteiger partial charge in [-0.15, -0.1) is 0 Å². The lowest BCUT2D eigenvalue weighted by Gasteiger charge is -2.10. The van der Waals surface area contributed by atoms with Gasteiger partial charge < -0.3 is 20.0 Å². The van der Waals surface area contributed by atoms with Crippen LogP contribution in [0.15, 0.2) is 54.1 Å². The first-order valence-electron chi connectivity index (χ1n) is 7.41. The van der Waals surface area contributed by atoms with Crippen LogP contribution in [0.25, 0.3) is 6.08 Å². The maximum absolute atomic E-state index is 12.3. The molecule has 0 unspecified atom stereocenters. The lowest BCUT2D eigenvalue weighted by atomic mass is 10.1. The Hall–Kier alpha value is -3.59. The lowest BCUT2D eigenvalue weighted by Crippen LogP contribution is -2.29. The number of anilines is 1. The molecule has 0 saturated heterocycles. The fourth-order valence-corrected chi connectivity index (χ4v) is 2.09. The number of nitrogens with one attached hydrogen (secondary N) is 1. The molecule has 0 spiro atoms. The zero-order valence-corrected chi connectivity index (χ0v) is 13.5. The highest BCUT2D eigenvalue weighted by Gasteiger charge is 2.11. The number of carboxylic acid groups (broad SMARTS) is 1. The molecule has 0 radical (unpaired) electrons. The average Bonchev–Trinajstić information content (AvgIpc) is 2.58. The van der Waals surface area contributed by atoms with Crippen molar-refractivity contribution in [3.63, 3.8) is 0 Å². The molecule has 0 heterocycles. The summed E-state index contributed by atoms with van der Waals surface area (Å²) in [5.74, 6) is -1.69. The second-order valence-corrected chi connectivity index (χ2v) is 5.19. The van der Waals surface area contributed by atoms with Crippen molar-refractivity contribution >= 4 is 23.6 Å². The van der Waals surface area contributed by atoms with Gasteiger partial charge in [-0.25, -0.2) is 0 Å². The predicted molar refractivity (Wildman–Crippen MR) is 90.3 cm³/mol. The number of hydrogen-bond acceptors (Lipinski definition) is 5. The molecule has 0 aliphatic rings. The molecular weight excluding hydrogens is 320 g/mol. The third kappa shape index (κ3) is 5.22. The molecule has 2 aromatic carbocycles. The smallest absolute Gasteiger partial charge is 0.266 e. The number of nitriles is 1. The summed E-state index contributed by atoms with van der Waals surface area (Å²) in [6.07, 6.45) is 1.34. The molecule has 1 N–H and O–H groups in total. The van der Waals surface area contributed by atoms with Crippen LogP contribution in [-0.4, -0.2) is 18.5 Å². The van der Waals surface area contributed by atoms with Gasteiger partial charge in [0.25, 0.3) is 5.91 Å². The van der Waals surface area contributed by atoms with Crippen molar-refractivity contribution in [3.05, 3.63) is 65.2 Å². The lowest BCUT2D eigenvalue weighted by molar-refractivity contribution is -0.307. The van der Waals surface area contributed by atoms with Crippen molar-refractivity contribution in [1.29, 1.82) is 5.26 Å². The van der Waals surface area contributed by atoms with Gasteiger partial charge >= 0.3 is 0 Å². The number of carbonyl (C=O) groups excluding carboxylic acids is 2. The highest BCUT2D eigenvalue weighted by Crippen LogP contribution is 2.21. The van der Waals surface area contributed by atoms with Gasteiger partial charge in [-0.2, -0.15) is 5.26 Å². The molecule has 0 aromatic heterocycles. The van der Waals surface area contributed by atoms with E-state index in [0.29, 0.717) is 11.3 Å². The number of aryl methyl sites for hydroxylation is 1. The Bertz CT molecular complexity index is 866. The van der Waals surface area contributed by atoms with Crippen molar-refractivity contribution in [2.24, 2.45) is 0 Å². The van der Waals surface area contributed by atoms with Gasteiger partial charge in [0, 0.05) is 11.3 Å². The summed E-state index contributed by atoms with van der Waals surface area (Å²) in [5.41, 5.74) is 1.83. The van der Waals surface area contributed by atoms with Crippen molar-refractivity contribution in [2.75, 3.05) is 11.9 Å². The van der Waals surface area contributed by atoms with Crippen LogP contribution in [0.5, 0.6) is 5.75 Å². The van der Waals surface area contributed by atoms with E-state index in [1.54, 1.807) is 42.5 Å². The Labute approximate surface area is 145 Å². The zero-order valence-electron chi connectivity index (χ0n) is 13.5. The van der Waals surface area contributed by atoms with Gasteiger partial charge in [0.2, 0.25) is 0 Å². The first-order valence-corrected chi connectivity index (χ1v) is 7.41. The van der Waals surface area contributed by atoms with Gasteiger partial charge in [-0.3, -0.25) is 4.79 Å². The van der Waals surface area contributed by atoms with E-state index >= 15 is 0 Å². The average molecular weight is 335 g/mol. The van der Waals surface area contributed by atoms with Gasteiger partial charge in [-0.05, 0) is 36.8 Å². The molecule has 0 saturated carbocycles. The number of para-hydroxylation sites is 1. The van der Waals surface area contributed by atoms with Crippen molar-refractivity contribution in [3.8, 4) is 11.8 Å². The first kappa shape index (κ1) is 17.8. The molecule has 126 valence electrons. The molecule has 0 aliphatic heterocycles. The van der Waals surface area contributed by atoms with Crippen molar-refractivity contribution in [2.45, 2.75) is 6.92 Å². The molecule has 0 fully saturated rings. The number of amides is 1. The summed E-state index contributed by atoms with van der Waals surface area (Å²) >= 11 is 0. The van der Waals surface area contributed by atoms with E-state index < -0.39 is 18.5 Å². The maximum atomic E-state index is 12.3. The minimum Gasteiger partial charge on any atom is -0.546 e. The Morgan fingerprint density at radius 2 is 2.00 bits per heavy atom. The molecule has 2 rings (SSSR count). The van der Waals surface area contributed by atoms with E-state index in [0.717, 1.165) is 5.56 Å². The molecule has 0 aliphatic carbocycles. The van der Waals surface area contributed by atoms with Crippen LogP contribution in [0.3, 0.4) is 0 Å². The minimum atomic E-state index is -1.36. The van der Waals surface area contributed by atoms with Gasteiger partial charge in [0.1, 0.15) is 24.0 Å². The van der Waals surface area contributed by atoms with E-state index in [9.17, 15) is 20.0 Å². The number of rotatable bonds is 6. The second-order valence-electron chi connectivity index (χ2n) is 5.19. The zero-order chi connectivity index (χ0) is 18.2. The van der Waals surface area contributed by atoms with Crippen LogP contribution < -0.4 is 15.2 Å². The molecule has 0 atom stereocenters. The predicted octanol–water partition coefficient (Wildman–Crippen LogP) is 1.67. The second kappa shape index (κ2) is 8.31. The summed E-state index contributed by atoms with van der Waals surface area (Å²) in [4.78, 5) is 22.8. The van der Waals surface area contributed by atoms with Crippen LogP contribution in [0.2, 0.25) is 0 Å². The van der Waals surface area contributed by atoms with Crippen molar-refractivity contribution < 1.29 is 19.4 Å². The van der Waals surface area contributed by atoms with E-state index in [1.165, 1.54) is 6.08 Å². The molecule has 6 nitrogen and oxygen atoms in total. The fraction of sp³-hybridized carbons (Fsp3) is 0.105. The Balaban J connectivity index is 2.23. The Kier molecular flexibility index (Phi) is 5.91. The van der Waals surface area contributed by atoms with Crippen LogP contribution in [0.4, 0.5) is 5.69 Å². The maximum Gasteiger partial charge on any atom is 0.266 e. The third-order valence-corrected chi connectivity index (χ3v) is 3.21. The number of aliphatic carboxylic acids is 1. The fourth-order valence-electron chi connectivity index (χ4n) is 2.09. The summed E-state index contributed by atoms with van der Waals surface area (Å²) < 4.78 is 5.11. The van der Waals surface area contributed by atoms with Gasteiger partial charge in [0.15, 0.2) is 0 Å². The van der Waals surface area contributed by atoms with Crippen molar-refractivity contribution in [1.82, 2.24) is 0 Å². The van der Waals surface area contributed by atoms with Gasteiger partial charge in [-0.1, -0.05) is 30.3 Å². The Morgan fingerprint density at radius 3 is 2.68 bits per heavy atom.